The SMILES string of the molecule is CC(Cl)C1CC(c2ccc(F)cc2Br)=NO1. The van der Waals surface area contributed by atoms with Gasteiger partial charge in [0.1, 0.15) is 11.9 Å². The smallest absolute Gasteiger partial charge is 0.149 e. The molecule has 0 saturated heterocycles. The van der Waals surface area contributed by atoms with Crippen LogP contribution in [0.15, 0.2) is 27.8 Å². The molecule has 16 heavy (non-hydrogen) atoms. The van der Waals surface area contributed by atoms with Gasteiger partial charge in [0.2, 0.25) is 0 Å². The molecule has 0 bridgehead atoms. The van der Waals surface area contributed by atoms with Crippen LogP contribution in [-0.4, -0.2) is 17.2 Å². The quantitative estimate of drug-likeness (QED) is 0.763. The molecule has 2 rings (SSSR count). The van der Waals surface area contributed by atoms with Crippen molar-refractivity contribution in [1.29, 1.82) is 0 Å². The van der Waals surface area contributed by atoms with Crippen LogP contribution in [-0.2, 0) is 4.84 Å². The maximum atomic E-state index is 12.9. The Kier molecular flexibility index (Phi) is 3.50. The first-order valence-corrected chi connectivity index (χ1v) is 6.13. The minimum Gasteiger partial charge on any atom is -0.390 e. The summed E-state index contributed by atoms with van der Waals surface area (Å²) in [6.45, 7) is 1.87. The van der Waals surface area contributed by atoms with Crippen LogP contribution >= 0.6 is 27.5 Å². The van der Waals surface area contributed by atoms with Gasteiger partial charge in [-0.2, -0.15) is 0 Å². The average Bonchev–Trinajstić information content (AvgIpc) is 2.66. The highest BCUT2D eigenvalue weighted by atomic mass is 79.9. The minimum absolute atomic E-state index is 0.0968. The van der Waals surface area contributed by atoms with Gasteiger partial charge < -0.3 is 4.84 Å². The van der Waals surface area contributed by atoms with E-state index >= 15 is 0 Å². The van der Waals surface area contributed by atoms with E-state index in [2.05, 4.69) is 21.1 Å². The lowest BCUT2D eigenvalue weighted by Gasteiger charge is -2.09. The normalized spacial score (nSPS) is 21.5. The van der Waals surface area contributed by atoms with E-state index in [9.17, 15) is 4.39 Å². The number of alkyl halides is 1. The zero-order valence-corrected chi connectivity index (χ0v) is 10.9. The van der Waals surface area contributed by atoms with Crippen LogP contribution in [0.25, 0.3) is 0 Å². The molecule has 2 unspecified atom stereocenters. The molecule has 0 amide bonds. The number of hydrogen-bond acceptors (Lipinski definition) is 2. The molecule has 1 aliphatic heterocycles. The summed E-state index contributed by atoms with van der Waals surface area (Å²) in [6, 6.07) is 4.50. The Morgan fingerprint density at radius 2 is 2.38 bits per heavy atom. The largest absolute Gasteiger partial charge is 0.390 e. The number of rotatable bonds is 2. The first-order valence-electron chi connectivity index (χ1n) is 4.90. The van der Waals surface area contributed by atoms with Gasteiger partial charge in [-0.1, -0.05) is 21.1 Å². The molecule has 0 aliphatic carbocycles. The van der Waals surface area contributed by atoms with Crippen LogP contribution in [0, 0.1) is 5.82 Å². The highest BCUT2D eigenvalue weighted by Gasteiger charge is 2.27. The van der Waals surface area contributed by atoms with E-state index in [1.807, 2.05) is 6.92 Å². The van der Waals surface area contributed by atoms with Crippen molar-refractivity contribution in [2.45, 2.75) is 24.8 Å². The highest BCUT2D eigenvalue weighted by Crippen LogP contribution is 2.26. The predicted molar refractivity (Wildman–Crippen MR) is 65.4 cm³/mol. The van der Waals surface area contributed by atoms with E-state index in [4.69, 9.17) is 16.4 Å². The van der Waals surface area contributed by atoms with Crippen molar-refractivity contribution in [3.63, 3.8) is 0 Å². The van der Waals surface area contributed by atoms with Crippen molar-refractivity contribution in [3.05, 3.63) is 34.1 Å². The number of benzene rings is 1. The van der Waals surface area contributed by atoms with Gasteiger partial charge in [0, 0.05) is 16.5 Å². The number of halogens is 3. The molecule has 2 nitrogen and oxygen atoms in total. The average molecular weight is 307 g/mol. The summed E-state index contributed by atoms with van der Waals surface area (Å²) in [5.74, 6) is -0.280. The van der Waals surface area contributed by atoms with Gasteiger partial charge in [0.05, 0.1) is 11.1 Å². The van der Waals surface area contributed by atoms with Crippen LogP contribution in [0.2, 0.25) is 0 Å². The fourth-order valence-corrected chi connectivity index (χ4v) is 2.24. The standard InChI is InChI=1S/C11H10BrClFNO/c1-6(13)11-5-10(15-16-11)8-3-2-7(14)4-9(8)12/h2-4,6,11H,5H2,1H3. The summed E-state index contributed by atoms with van der Waals surface area (Å²) >= 11 is 9.24. The molecule has 1 aliphatic rings. The van der Waals surface area contributed by atoms with E-state index < -0.39 is 0 Å². The first-order chi connectivity index (χ1) is 7.58. The third kappa shape index (κ3) is 2.38. The minimum atomic E-state index is -0.280. The molecule has 0 saturated carbocycles. The van der Waals surface area contributed by atoms with Gasteiger partial charge in [0.25, 0.3) is 0 Å². The van der Waals surface area contributed by atoms with Gasteiger partial charge >= 0.3 is 0 Å². The Hall–Kier alpha value is -0.610. The fourth-order valence-electron chi connectivity index (χ4n) is 1.53. The van der Waals surface area contributed by atoms with Crippen molar-refractivity contribution in [2.75, 3.05) is 0 Å². The molecule has 86 valence electrons. The van der Waals surface area contributed by atoms with E-state index in [-0.39, 0.29) is 17.3 Å². The van der Waals surface area contributed by atoms with Crippen molar-refractivity contribution >= 4 is 33.2 Å². The topological polar surface area (TPSA) is 21.6 Å². The van der Waals surface area contributed by atoms with Crippen LogP contribution in [0.1, 0.15) is 18.9 Å². The lowest BCUT2D eigenvalue weighted by Crippen LogP contribution is -2.18. The van der Waals surface area contributed by atoms with E-state index in [0.29, 0.717) is 10.9 Å². The Morgan fingerprint density at radius 3 is 2.94 bits per heavy atom. The highest BCUT2D eigenvalue weighted by molar-refractivity contribution is 9.10. The molecule has 2 atom stereocenters. The zero-order valence-electron chi connectivity index (χ0n) is 8.58. The van der Waals surface area contributed by atoms with E-state index in [0.717, 1.165) is 11.3 Å². The molecule has 1 heterocycles. The Bertz CT molecular complexity index is 436. The molecule has 0 N–H and O–H groups in total. The third-order valence-corrected chi connectivity index (χ3v) is 3.38. The van der Waals surface area contributed by atoms with Crippen LogP contribution in [0.5, 0.6) is 0 Å². The zero-order chi connectivity index (χ0) is 11.7. The van der Waals surface area contributed by atoms with Gasteiger partial charge in [-0.3, -0.25) is 0 Å². The van der Waals surface area contributed by atoms with Crippen molar-refractivity contribution < 1.29 is 9.23 Å². The fraction of sp³-hybridized carbons (Fsp3) is 0.364. The molecular weight excluding hydrogens is 296 g/mol. The van der Waals surface area contributed by atoms with Gasteiger partial charge in [-0.05, 0) is 25.1 Å². The lowest BCUT2D eigenvalue weighted by molar-refractivity contribution is 0.0855. The van der Waals surface area contributed by atoms with E-state index in [1.54, 1.807) is 6.07 Å². The monoisotopic (exact) mass is 305 g/mol. The van der Waals surface area contributed by atoms with E-state index in [1.165, 1.54) is 12.1 Å². The van der Waals surface area contributed by atoms with Gasteiger partial charge in [-0.25, -0.2) is 4.39 Å². The number of hydrogen-bond donors (Lipinski definition) is 0. The maximum Gasteiger partial charge on any atom is 0.149 e. The van der Waals surface area contributed by atoms with Gasteiger partial charge in [-0.15, -0.1) is 11.6 Å². The summed E-state index contributed by atoms with van der Waals surface area (Å²) in [7, 11) is 0. The second kappa shape index (κ2) is 4.72. The molecule has 0 fully saturated rings. The molecule has 1 aromatic carbocycles. The Morgan fingerprint density at radius 1 is 1.62 bits per heavy atom. The van der Waals surface area contributed by atoms with Crippen molar-refractivity contribution in [2.24, 2.45) is 5.16 Å². The van der Waals surface area contributed by atoms with Crippen LogP contribution < -0.4 is 0 Å². The summed E-state index contributed by atoms with van der Waals surface area (Å²) in [5.41, 5.74) is 1.64. The van der Waals surface area contributed by atoms with Crippen LogP contribution in [0.3, 0.4) is 0 Å². The summed E-state index contributed by atoms with van der Waals surface area (Å²) < 4.78 is 13.6. The number of nitrogens with zero attached hydrogens (tertiary/aromatic N) is 1. The summed E-state index contributed by atoms with van der Waals surface area (Å²) in [5, 5.41) is 3.88. The lowest BCUT2D eigenvalue weighted by atomic mass is 10.0. The number of oxime groups is 1. The molecular formula is C11H10BrClFNO. The maximum absolute atomic E-state index is 12.9. The third-order valence-electron chi connectivity index (χ3n) is 2.45. The van der Waals surface area contributed by atoms with Crippen molar-refractivity contribution in [3.8, 4) is 0 Å². The summed E-state index contributed by atoms with van der Waals surface area (Å²) in [6.07, 6.45) is 0.545. The molecule has 5 heteroatoms. The second-order valence-corrected chi connectivity index (χ2v) is 5.23. The molecule has 0 radical (unpaired) electrons. The molecule has 0 spiro atoms. The Labute approximate surface area is 107 Å². The molecule has 0 aromatic heterocycles. The van der Waals surface area contributed by atoms with Gasteiger partial charge in [0.15, 0.2) is 0 Å². The van der Waals surface area contributed by atoms with Crippen molar-refractivity contribution in [1.82, 2.24) is 0 Å². The summed E-state index contributed by atoms with van der Waals surface area (Å²) in [4.78, 5) is 5.21. The van der Waals surface area contributed by atoms with Crippen LogP contribution in [0.4, 0.5) is 4.39 Å². The molecule has 1 aromatic rings. The predicted octanol–water partition coefficient (Wildman–Crippen LogP) is 3.71. The second-order valence-electron chi connectivity index (χ2n) is 3.69. The Balaban J connectivity index is 2.21. The first kappa shape index (κ1) is 11.9.